The Balaban J connectivity index is 1.89. The van der Waals surface area contributed by atoms with E-state index in [1.807, 2.05) is 19.0 Å². The van der Waals surface area contributed by atoms with E-state index in [9.17, 15) is 18.5 Å². The number of aryl methyl sites for hydroxylation is 1. The van der Waals surface area contributed by atoms with Crippen LogP contribution >= 0.6 is 0 Å². The van der Waals surface area contributed by atoms with Crippen LogP contribution in [0.15, 0.2) is 59.5 Å². The minimum Gasteiger partial charge on any atom is -0.305 e. The quantitative estimate of drug-likeness (QED) is 0.469. The van der Waals surface area contributed by atoms with E-state index in [-0.39, 0.29) is 16.4 Å². The summed E-state index contributed by atoms with van der Waals surface area (Å²) in [7, 11) is 0.0468. The van der Waals surface area contributed by atoms with E-state index in [2.05, 4.69) is 9.82 Å². The third-order valence-corrected chi connectivity index (χ3v) is 5.48. The molecular weight excluding hydrogens is 394 g/mol. The van der Waals surface area contributed by atoms with Gasteiger partial charge in [-0.1, -0.05) is 12.1 Å². The molecule has 10 heteroatoms. The van der Waals surface area contributed by atoms with Crippen molar-refractivity contribution in [1.29, 1.82) is 0 Å². The first-order valence-electron chi connectivity index (χ1n) is 8.74. The summed E-state index contributed by atoms with van der Waals surface area (Å²) in [6.45, 7) is 2.44. The second kappa shape index (κ2) is 8.02. The second-order valence-electron chi connectivity index (χ2n) is 6.84. The number of nitrogens with one attached hydrogen (secondary N) is 1. The number of nitro benzene ring substituents is 1. The minimum absolute atomic E-state index is 0.0578. The number of anilines is 1. The highest BCUT2D eigenvalue weighted by Gasteiger charge is 2.18. The van der Waals surface area contributed by atoms with Gasteiger partial charge in [0.1, 0.15) is 5.82 Å². The predicted molar refractivity (Wildman–Crippen MR) is 110 cm³/mol. The molecule has 0 unspecified atom stereocenters. The maximum Gasteiger partial charge on any atom is 0.269 e. The van der Waals surface area contributed by atoms with Gasteiger partial charge in [-0.25, -0.2) is 13.1 Å². The maximum absolute atomic E-state index is 12.8. The Morgan fingerprint density at radius 3 is 2.28 bits per heavy atom. The van der Waals surface area contributed by atoms with Crippen LogP contribution < -0.4 is 4.72 Å². The number of nitrogens with zero attached hydrogens (tertiary/aromatic N) is 4. The number of rotatable bonds is 7. The van der Waals surface area contributed by atoms with Gasteiger partial charge in [-0.05, 0) is 50.8 Å². The molecule has 0 aliphatic rings. The lowest BCUT2D eigenvalue weighted by Gasteiger charge is -2.12. The Kier molecular flexibility index (Phi) is 5.66. The molecule has 0 bridgehead atoms. The summed E-state index contributed by atoms with van der Waals surface area (Å²) < 4.78 is 29.6. The monoisotopic (exact) mass is 415 g/mol. The molecule has 152 valence electrons. The summed E-state index contributed by atoms with van der Waals surface area (Å²) >= 11 is 0. The van der Waals surface area contributed by atoms with Gasteiger partial charge in [0.05, 0.1) is 21.2 Å². The van der Waals surface area contributed by atoms with Gasteiger partial charge in [-0.15, -0.1) is 0 Å². The van der Waals surface area contributed by atoms with Crippen LogP contribution in [0.2, 0.25) is 0 Å². The summed E-state index contributed by atoms with van der Waals surface area (Å²) in [5.74, 6) is 0.244. The number of nitro groups is 1. The first kappa shape index (κ1) is 20.5. The van der Waals surface area contributed by atoms with Crippen molar-refractivity contribution in [2.45, 2.75) is 18.4 Å². The van der Waals surface area contributed by atoms with Gasteiger partial charge in [0.25, 0.3) is 15.7 Å². The highest BCUT2D eigenvalue weighted by Crippen LogP contribution is 2.23. The van der Waals surface area contributed by atoms with Crippen LogP contribution in [0.25, 0.3) is 5.69 Å². The number of aromatic nitrogens is 2. The van der Waals surface area contributed by atoms with Crippen molar-refractivity contribution < 1.29 is 13.3 Å². The molecule has 1 heterocycles. The number of hydrogen-bond acceptors (Lipinski definition) is 6. The summed E-state index contributed by atoms with van der Waals surface area (Å²) in [6, 6.07) is 14.0. The fourth-order valence-electron chi connectivity index (χ4n) is 2.82. The Morgan fingerprint density at radius 2 is 1.72 bits per heavy atom. The number of non-ortho nitro benzene ring substituents is 1. The minimum atomic E-state index is -3.83. The third kappa shape index (κ3) is 4.79. The lowest BCUT2D eigenvalue weighted by atomic mass is 10.2. The van der Waals surface area contributed by atoms with Crippen LogP contribution in [0.3, 0.4) is 0 Å². The van der Waals surface area contributed by atoms with Gasteiger partial charge in [0.15, 0.2) is 0 Å². The van der Waals surface area contributed by atoms with Gasteiger partial charge < -0.3 is 4.90 Å². The molecule has 1 aromatic heterocycles. The van der Waals surface area contributed by atoms with Crippen molar-refractivity contribution in [3.8, 4) is 5.69 Å². The van der Waals surface area contributed by atoms with Crippen LogP contribution in [0, 0.1) is 17.0 Å². The largest absolute Gasteiger partial charge is 0.305 e. The first-order chi connectivity index (χ1) is 13.7. The van der Waals surface area contributed by atoms with E-state index in [1.54, 1.807) is 37.3 Å². The van der Waals surface area contributed by atoms with E-state index in [0.29, 0.717) is 17.9 Å². The van der Waals surface area contributed by atoms with E-state index < -0.39 is 14.9 Å². The molecule has 0 aliphatic carbocycles. The van der Waals surface area contributed by atoms with Gasteiger partial charge >= 0.3 is 0 Å². The van der Waals surface area contributed by atoms with Crippen molar-refractivity contribution in [3.05, 3.63) is 76.0 Å². The number of benzene rings is 2. The van der Waals surface area contributed by atoms with Gasteiger partial charge in [0.2, 0.25) is 0 Å². The zero-order valence-electron chi connectivity index (χ0n) is 16.2. The number of sulfonamides is 1. The molecule has 0 saturated carbocycles. The molecule has 0 aliphatic heterocycles. The van der Waals surface area contributed by atoms with Crippen LogP contribution in [0.1, 0.15) is 11.3 Å². The smallest absolute Gasteiger partial charge is 0.269 e. The Bertz CT molecular complexity index is 1120. The summed E-state index contributed by atoms with van der Waals surface area (Å²) in [4.78, 5) is 12.5. The molecule has 0 radical (unpaired) electrons. The molecular formula is C19H21N5O4S. The van der Waals surface area contributed by atoms with Crippen LogP contribution in [0.4, 0.5) is 11.5 Å². The Morgan fingerprint density at radius 1 is 1.10 bits per heavy atom. The highest BCUT2D eigenvalue weighted by molar-refractivity contribution is 7.92. The van der Waals surface area contributed by atoms with Crippen molar-refractivity contribution in [2.24, 2.45) is 0 Å². The molecule has 0 saturated heterocycles. The van der Waals surface area contributed by atoms with E-state index in [4.69, 9.17) is 0 Å². The van der Waals surface area contributed by atoms with E-state index in [1.165, 1.54) is 28.9 Å². The van der Waals surface area contributed by atoms with Crippen molar-refractivity contribution in [3.63, 3.8) is 0 Å². The second-order valence-corrected chi connectivity index (χ2v) is 8.53. The van der Waals surface area contributed by atoms with Crippen LogP contribution in [-0.4, -0.2) is 42.1 Å². The topological polar surface area (TPSA) is 110 Å². The standard InChI is InChI=1S/C19H21N5O4S/c1-14-12-19(23(20-14)16-6-8-17(9-7-16)24(25)26)21-29(27,28)18-10-4-15(5-11-18)13-22(2)3/h4-12,21H,13H2,1-3H3. The van der Waals surface area contributed by atoms with Crippen LogP contribution in [0.5, 0.6) is 0 Å². The van der Waals surface area contributed by atoms with Crippen molar-refractivity contribution in [1.82, 2.24) is 14.7 Å². The SMILES string of the molecule is Cc1cc(NS(=O)(=O)c2ccc(CN(C)C)cc2)n(-c2ccc([N+](=O)[O-])cc2)n1. The summed E-state index contributed by atoms with van der Waals surface area (Å²) in [5.41, 5.74) is 2.04. The van der Waals surface area contributed by atoms with Gasteiger partial charge in [0, 0.05) is 24.7 Å². The van der Waals surface area contributed by atoms with Crippen LogP contribution in [-0.2, 0) is 16.6 Å². The van der Waals surface area contributed by atoms with Crippen molar-refractivity contribution >= 4 is 21.5 Å². The summed E-state index contributed by atoms with van der Waals surface area (Å²) in [5, 5.41) is 15.1. The lowest BCUT2D eigenvalue weighted by Crippen LogP contribution is -2.16. The predicted octanol–water partition coefficient (Wildman–Crippen LogP) is 2.95. The lowest BCUT2D eigenvalue weighted by molar-refractivity contribution is -0.384. The average Bonchev–Trinajstić information content (AvgIpc) is 3.01. The third-order valence-electron chi connectivity index (χ3n) is 4.11. The van der Waals surface area contributed by atoms with Gasteiger partial charge in [-0.3, -0.25) is 14.8 Å². The molecule has 0 fully saturated rings. The van der Waals surface area contributed by atoms with E-state index >= 15 is 0 Å². The zero-order chi connectivity index (χ0) is 21.2. The van der Waals surface area contributed by atoms with E-state index in [0.717, 1.165) is 5.56 Å². The highest BCUT2D eigenvalue weighted by atomic mass is 32.2. The molecule has 0 spiro atoms. The molecule has 2 aromatic carbocycles. The molecule has 29 heavy (non-hydrogen) atoms. The maximum atomic E-state index is 12.8. The Labute approximate surface area is 168 Å². The van der Waals surface area contributed by atoms with Gasteiger partial charge in [-0.2, -0.15) is 5.10 Å². The molecule has 3 aromatic rings. The Hall–Kier alpha value is -3.24. The summed E-state index contributed by atoms with van der Waals surface area (Å²) in [6.07, 6.45) is 0. The zero-order valence-corrected chi connectivity index (χ0v) is 17.0. The first-order valence-corrected chi connectivity index (χ1v) is 10.2. The number of hydrogen-bond donors (Lipinski definition) is 1. The normalized spacial score (nSPS) is 11.6. The molecule has 0 amide bonds. The molecule has 0 atom stereocenters. The van der Waals surface area contributed by atoms with Crippen molar-refractivity contribution in [2.75, 3.05) is 18.8 Å². The molecule has 3 rings (SSSR count). The average molecular weight is 415 g/mol. The fourth-order valence-corrected chi connectivity index (χ4v) is 3.85. The molecule has 9 nitrogen and oxygen atoms in total. The molecule has 1 N–H and O–H groups in total. The fraction of sp³-hybridized carbons (Fsp3) is 0.211.